The highest BCUT2D eigenvalue weighted by Crippen LogP contribution is 2.28. The van der Waals surface area contributed by atoms with E-state index < -0.39 is 10.0 Å². The van der Waals surface area contributed by atoms with E-state index in [0.717, 1.165) is 5.56 Å². The van der Waals surface area contributed by atoms with Crippen molar-refractivity contribution in [3.8, 4) is 11.5 Å². The molecule has 1 N–H and O–H groups in total. The Morgan fingerprint density at radius 1 is 1.14 bits per heavy atom. The van der Waals surface area contributed by atoms with Gasteiger partial charge in [-0.3, -0.25) is 4.72 Å². The molecule has 2 aromatic heterocycles. The molecule has 0 atom stereocenters. The van der Waals surface area contributed by atoms with Gasteiger partial charge in [-0.15, -0.1) is 0 Å². The number of aromatic nitrogens is 1. The molecule has 1 aromatic carbocycles. The first-order chi connectivity index (χ1) is 10.5. The predicted octanol–water partition coefficient (Wildman–Crippen LogP) is 3.70. The number of rotatable bonds is 4. The second-order valence-electron chi connectivity index (χ2n) is 4.58. The molecule has 22 heavy (non-hydrogen) atoms. The average Bonchev–Trinajstić information content (AvgIpc) is 3.11. The second kappa shape index (κ2) is 5.51. The van der Waals surface area contributed by atoms with Crippen LogP contribution in [0, 0.1) is 6.92 Å². The van der Waals surface area contributed by atoms with Crippen molar-refractivity contribution in [2.45, 2.75) is 12.0 Å². The molecule has 6 nitrogen and oxygen atoms in total. The van der Waals surface area contributed by atoms with Gasteiger partial charge in [-0.1, -0.05) is 22.8 Å². The average molecular weight is 339 g/mol. The van der Waals surface area contributed by atoms with Crippen LogP contribution in [0.15, 0.2) is 56.6 Å². The zero-order chi connectivity index (χ0) is 15.7. The first-order valence-corrected chi connectivity index (χ1v) is 8.12. The zero-order valence-electron chi connectivity index (χ0n) is 11.4. The summed E-state index contributed by atoms with van der Waals surface area (Å²) in [7, 11) is -3.88. The number of halogens is 1. The summed E-state index contributed by atoms with van der Waals surface area (Å²) in [6.07, 6.45) is 1.44. The molecular weight excluding hydrogens is 328 g/mol. The first-order valence-electron chi connectivity index (χ1n) is 6.25. The molecule has 0 saturated carbocycles. The Morgan fingerprint density at radius 2 is 1.95 bits per heavy atom. The molecule has 0 bridgehead atoms. The minimum Gasteiger partial charge on any atom is -0.439 e. The zero-order valence-corrected chi connectivity index (χ0v) is 13.0. The fourth-order valence-corrected chi connectivity index (χ4v) is 3.19. The van der Waals surface area contributed by atoms with E-state index in [0.29, 0.717) is 10.8 Å². The lowest BCUT2D eigenvalue weighted by Gasteiger charge is -2.08. The van der Waals surface area contributed by atoms with E-state index in [2.05, 4.69) is 9.88 Å². The number of nitrogens with one attached hydrogen (secondary N) is 1. The standard InChI is InChI=1S/C14H11ClN2O4S/c1-9-2-3-11(10(15)8-9)17-22(18,19)14-5-4-12(20-14)13-6-7-16-21-13/h2-8,17H,1H3. The van der Waals surface area contributed by atoms with Crippen LogP contribution in [0.1, 0.15) is 5.56 Å². The summed E-state index contributed by atoms with van der Waals surface area (Å²) in [6, 6.07) is 9.41. The Balaban J connectivity index is 1.90. The topological polar surface area (TPSA) is 85.3 Å². The van der Waals surface area contributed by atoms with E-state index >= 15 is 0 Å². The van der Waals surface area contributed by atoms with Crippen molar-refractivity contribution >= 4 is 27.3 Å². The molecule has 0 amide bonds. The maximum Gasteiger partial charge on any atom is 0.295 e. The second-order valence-corrected chi connectivity index (χ2v) is 6.60. The van der Waals surface area contributed by atoms with Gasteiger partial charge < -0.3 is 8.94 Å². The van der Waals surface area contributed by atoms with Crippen molar-refractivity contribution in [2.24, 2.45) is 0 Å². The minimum absolute atomic E-state index is 0.240. The number of hydrogen-bond donors (Lipinski definition) is 1. The van der Waals surface area contributed by atoms with Crippen molar-refractivity contribution in [1.29, 1.82) is 0 Å². The van der Waals surface area contributed by atoms with Gasteiger partial charge in [0.15, 0.2) is 5.76 Å². The third kappa shape index (κ3) is 2.86. The Kier molecular flexibility index (Phi) is 3.67. The van der Waals surface area contributed by atoms with Crippen LogP contribution in [0.2, 0.25) is 5.02 Å². The summed E-state index contributed by atoms with van der Waals surface area (Å²) in [4.78, 5) is 0. The summed E-state index contributed by atoms with van der Waals surface area (Å²) in [5.74, 6) is 0.614. The minimum atomic E-state index is -3.88. The summed E-state index contributed by atoms with van der Waals surface area (Å²) in [5.41, 5.74) is 1.21. The number of furan rings is 1. The molecule has 3 aromatic rings. The molecule has 0 aliphatic rings. The van der Waals surface area contributed by atoms with Gasteiger partial charge in [0.25, 0.3) is 10.0 Å². The smallest absolute Gasteiger partial charge is 0.295 e. The van der Waals surface area contributed by atoms with Crippen molar-refractivity contribution in [3.05, 3.63) is 53.2 Å². The maximum atomic E-state index is 12.3. The van der Waals surface area contributed by atoms with Gasteiger partial charge >= 0.3 is 0 Å². The molecule has 0 aliphatic carbocycles. The number of aryl methyl sites for hydroxylation is 1. The third-order valence-electron chi connectivity index (χ3n) is 2.90. The van der Waals surface area contributed by atoms with E-state index in [1.807, 2.05) is 6.92 Å². The highest BCUT2D eigenvalue weighted by molar-refractivity contribution is 7.92. The Morgan fingerprint density at radius 3 is 2.64 bits per heavy atom. The van der Waals surface area contributed by atoms with Crippen LogP contribution in [-0.4, -0.2) is 13.6 Å². The monoisotopic (exact) mass is 338 g/mol. The lowest BCUT2D eigenvalue weighted by atomic mass is 10.2. The number of hydrogen-bond acceptors (Lipinski definition) is 5. The van der Waals surface area contributed by atoms with Crippen LogP contribution in [-0.2, 0) is 10.0 Å². The number of nitrogens with zero attached hydrogens (tertiary/aromatic N) is 1. The maximum absolute atomic E-state index is 12.3. The highest BCUT2D eigenvalue weighted by Gasteiger charge is 2.21. The van der Waals surface area contributed by atoms with Gasteiger partial charge in [-0.05, 0) is 36.8 Å². The van der Waals surface area contributed by atoms with Gasteiger partial charge in [0.05, 0.1) is 16.9 Å². The number of anilines is 1. The van der Waals surface area contributed by atoms with E-state index in [9.17, 15) is 8.42 Å². The van der Waals surface area contributed by atoms with Crippen molar-refractivity contribution in [3.63, 3.8) is 0 Å². The summed E-state index contributed by atoms with van der Waals surface area (Å²) in [5, 5.41) is 3.61. The van der Waals surface area contributed by atoms with Crippen molar-refractivity contribution in [2.75, 3.05) is 4.72 Å². The van der Waals surface area contributed by atoms with Crippen LogP contribution in [0.4, 0.5) is 5.69 Å². The van der Waals surface area contributed by atoms with Gasteiger partial charge in [0.1, 0.15) is 0 Å². The summed E-state index contributed by atoms with van der Waals surface area (Å²) < 4.78 is 37.2. The quantitative estimate of drug-likeness (QED) is 0.784. The Labute approximate surface area is 131 Å². The van der Waals surface area contributed by atoms with Gasteiger partial charge in [0.2, 0.25) is 10.9 Å². The number of benzene rings is 1. The van der Waals surface area contributed by atoms with E-state index in [1.165, 1.54) is 18.3 Å². The third-order valence-corrected chi connectivity index (χ3v) is 4.45. The molecule has 8 heteroatoms. The largest absolute Gasteiger partial charge is 0.439 e. The first kappa shape index (κ1) is 14.7. The van der Waals surface area contributed by atoms with Crippen molar-refractivity contribution < 1.29 is 17.4 Å². The van der Waals surface area contributed by atoms with E-state index in [4.69, 9.17) is 20.5 Å². The SMILES string of the molecule is Cc1ccc(NS(=O)(=O)c2ccc(-c3ccno3)o2)c(Cl)c1. The molecule has 0 saturated heterocycles. The van der Waals surface area contributed by atoms with Crippen LogP contribution >= 0.6 is 11.6 Å². The van der Waals surface area contributed by atoms with Crippen LogP contribution in [0.3, 0.4) is 0 Å². The molecule has 0 spiro atoms. The van der Waals surface area contributed by atoms with Crippen molar-refractivity contribution in [1.82, 2.24) is 5.16 Å². The van der Waals surface area contributed by atoms with E-state index in [1.54, 1.807) is 24.3 Å². The number of sulfonamides is 1. The summed E-state index contributed by atoms with van der Waals surface area (Å²) >= 11 is 6.03. The predicted molar refractivity (Wildman–Crippen MR) is 81.2 cm³/mol. The van der Waals surface area contributed by atoms with Gasteiger partial charge in [-0.2, -0.15) is 8.42 Å². The molecule has 114 valence electrons. The normalized spacial score (nSPS) is 11.5. The van der Waals surface area contributed by atoms with Gasteiger partial charge in [0, 0.05) is 6.07 Å². The molecule has 0 fully saturated rings. The van der Waals surface area contributed by atoms with Crippen LogP contribution in [0.25, 0.3) is 11.5 Å². The van der Waals surface area contributed by atoms with E-state index in [-0.39, 0.29) is 16.5 Å². The Bertz CT molecular complexity index is 901. The van der Waals surface area contributed by atoms with Crippen LogP contribution < -0.4 is 4.72 Å². The highest BCUT2D eigenvalue weighted by atomic mass is 35.5. The molecule has 3 rings (SSSR count). The molecular formula is C14H11ClN2O4S. The fraction of sp³-hybridized carbons (Fsp3) is 0.0714. The van der Waals surface area contributed by atoms with Crippen LogP contribution in [0.5, 0.6) is 0 Å². The molecule has 0 aliphatic heterocycles. The lowest BCUT2D eigenvalue weighted by molar-refractivity contribution is 0.401. The summed E-state index contributed by atoms with van der Waals surface area (Å²) in [6.45, 7) is 1.86. The molecule has 2 heterocycles. The van der Waals surface area contributed by atoms with Gasteiger partial charge in [-0.25, -0.2) is 0 Å². The molecule has 0 radical (unpaired) electrons. The fourth-order valence-electron chi connectivity index (χ4n) is 1.84. The lowest BCUT2D eigenvalue weighted by Crippen LogP contribution is -2.12. The molecule has 0 unspecified atom stereocenters. The Hall–Kier alpha value is -2.25.